The summed E-state index contributed by atoms with van der Waals surface area (Å²) in [5.41, 5.74) is 2.51. The molecule has 140 valence electrons. The number of pyridine rings is 1. The molecule has 0 aliphatic rings. The van der Waals surface area contributed by atoms with E-state index in [-0.39, 0.29) is 0 Å². The smallest absolute Gasteiger partial charge is 0.225 e. The van der Waals surface area contributed by atoms with Crippen molar-refractivity contribution in [3.63, 3.8) is 0 Å². The standard InChI is InChI=1S/C19H20ClIN6/c1-27(2)9-8-23-19-25-17(13-4-3-7-22-12-13)11-18(26-19)24-16-6-5-14(21)10-15(16)20/h3-7,10-12H,8-9H2,1-2H3,(H2,23,24,25,26). The average molecular weight is 495 g/mol. The maximum absolute atomic E-state index is 6.35. The zero-order valence-corrected chi connectivity index (χ0v) is 18.0. The van der Waals surface area contributed by atoms with E-state index in [0.717, 1.165) is 33.6 Å². The first-order valence-corrected chi connectivity index (χ1v) is 9.87. The van der Waals surface area contributed by atoms with E-state index in [4.69, 9.17) is 11.6 Å². The van der Waals surface area contributed by atoms with Crippen molar-refractivity contribution in [2.75, 3.05) is 37.8 Å². The maximum Gasteiger partial charge on any atom is 0.225 e. The Balaban J connectivity index is 1.91. The van der Waals surface area contributed by atoms with Crippen molar-refractivity contribution in [1.29, 1.82) is 0 Å². The highest BCUT2D eigenvalue weighted by Gasteiger charge is 2.09. The summed E-state index contributed by atoms with van der Waals surface area (Å²) in [6.45, 7) is 1.62. The first-order valence-electron chi connectivity index (χ1n) is 8.41. The number of hydrogen-bond acceptors (Lipinski definition) is 6. The lowest BCUT2D eigenvalue weighted by molar-refractivity contribution is 0.425. The van der Waals surface area contributed by atoms with E-state index >= 15 is 0 Å². The molecule has 0 fully saturated rings. The Morgan fingerprint density at radius 1 is 1.15 bits per heavy atom. The molecular formula is C19H20ClIN6. The molecule has 2 N–H and O–H groups in total. The van der Waals surface area contributed by atoms with E-state index < -0.39 is 0 Å². The quantitative estimate of drug-likeness (QED) is 0.471. The Morgan fingerprint density at radius 3 is 2.70 bits per heavy atom. The third-order valence-electron chi connectivity index (χ3n) is 3.72. The second kappa shape index (κ2) is 9.29. The minimum Gasteiger partial charge on any atom is -0.353 e. The average Bonchev–Trinajstić information content (AvgIpc) is 2.64. The van der Waals surface area contributed by atoms with Gasteiger partial charge in [-0.3, -0.25) is 4.98 Å². The molecule has 0 atom stereocenters. The number of anilines is 3. The van der Waals surface area contributed by atoms with E-state index in [1.54, 1.807) is 12.4 Å². The van der Waals surface area contributed by atoms with Crippen LogP contribution in [-0.2, 0) is 0 Å². The number of hydrogen-bond donors (Lipinski definition) is 2. The van der Waals surface area contributed by atoms with Crippen molar-refractivity contribution in [1.82, 2.24) is 19.9 Å². The number of benzene rings is 1. The van der Waals surface area contributed by atoms with Gasteiger partial charge in [0.1, 0.15) is 5.82 Å². The lowest BCUT2D eigenvalue weighted by Gasteiger charge is -2.14. The van der Waals surface area contributed by atoms with E-state index in [0.29, 0.717) is 16.8 Å². The number of nitrogens with zero attached hydrogens (tertiary/aromatic N) is 4. The van der Waals surface area contributed by atoms with Gasteiger partial charge in [0.25, 0.3) is 0 Å². The third-order valence-corrected chi connectivity index (χ3v) is 4.70. The van der Waals surface area contributed by atoms with E-state index in [1.807, 2.05) is 50.5 Å². The third kappa shape index (κ3) is 5.75. The molecular weight excluding hydrogens is 475 g/mol. The number of rotatable bonds is 7. The molecule has 0 amide bonds. The molecule has 0 spiro atoms. The molecule has 0 saturated carbocycles. The largest absolute Gasteiger partial charge is 0.353 e. The van der Waals surface area contributed by atoms with Crippen LogP contribution >= 0.6 is 34.2 Å². The molecule has 6 nitrogen and oxygen atoms in total. The van der Waals surface area contributed by atoms with Crippen molar-refractivity contribution in [2.45, 2.75) is 0 Å². The number of likely N-dealkylation sites (N-methyl/N-ethyl adjacent to an activating group) is 1. The molecule has 1 aromatic carbocycles. The normalized spacial score (nSPS) is 10.9. The molecule has 2 aromatic heterocycles. The first kappa shape index (κ1) is 19.8. The number of nitrogens with one attached hydrogen (secondary N) is 2. The highest BCUT2D eigenvalue weighted by molar-refractivity contribution is 14.1. The Bertz CT molecular complexity index is 904. The van der Waals surface area contributed by atoms with Crippen LogP contribution in [0.15, 0.2) is 48.8 Å². The molecule has 27 heavy (non-hydrogen) atoms. The molecule has 3 aromatic rings. The topological polar surface area (TPSA) is 66.0 Å². The summed E-state index contributed by atoms with van der Waals surface area (Å²) >= 11 is 8.59. The summed E-state index contributed by atoms with van der Waals surface area (Å²) in [6.07, 6.45) is 3.53. The summed E-state index contributed by atoms with van der Waals surface area (Å²) < 4.78 is 1.08. The van der Waals surface area contributed by atoms with E-state index in [1.165, 1.54) is 0 Å². The van der Waals surface area contributed by atoms with E-state index in [2.05, 4.69) is 53.1 Å². The highest BCUT2D eigenvalue weighted by atomic mass is 127. The lowest BCUT2D eigenvalue weighted by atomic mass is 10.2. The van der Waals surface area contributed by atoms with Gasteiger partial charge in [-0.2, -0.15) is 4.98 Å². The van der Waals surface area contributed by atoms with Crippen LogP contribution in [0, 0.1) is 3.57 Å². The fraction of sp³-hybridized carbons (Fsp3) is 0.211. The van der Waals surface area contributed by atoms with Gasteiger partial charge in [0, 0.05) is 40.7 Å². The summed E-state index contributed by atoms with van der Waals surface area (Å²) in [4.78, 5) is 15.5. The molecule has 8 heteroatoms. The Labute approximate surface area is 177 Å². The molecule has 0 bridgehead atoms. The van der Waals surface area contributed by atoms with Gasteiger partial charge in [-0.05, 0) is 67.0 Å². The van der Waals surface area contributed by atoms with Gasteiger partial charge in [0.05, 0.1) is 16.4 Å². The second-order valence-corrected chi connectivity index (χ2v) is 7.84. The first-order chi connectivity index (χ1) is 13.0. The van der Waals surface area contributed by atoms with Crippen LogP contribution in [0.4, 0.5) is 17.5 Å². The van der Waals surface area contributed by atoms with Gasteiger partial charge in [-0.15, -0.1) is 0 Å². The second-order valence-electron chi connectivity index (χ2n) is 6.18. The number of aromatic nitrogens is 3. The molecule has 3 rings (SSSR count). The van der Waals surface area contributed by atoms with Gasteiger partial charge >= 0.3 is 0 Å². The van der Waals surface area contributed by atoms with Crippen molar-refractivity contribution in [3.8, 4) is 11.3 Å². The molecule has 0 radical (unpaired) electrons. The highest BCUT2D eigenvalue weighted by Crippen LogP contribution is 2.28. The van der Waals surface area contributed by atoms with Crippen LogP contribution in [0.1, 0.15) is 0 Å². The van der Waals surface area contributed by atoms with Crippen LogP contribution in [0.25, 0.3) is 11.3 Å². The molecule has 2 heterocycles. The minimum atomic E-state index is 0.558. The fourth-order valence-electron chi connectivity index (χ4n) is 2.37. The molecule has 0 saturated heterocycles. The zero-order valence-electron chi connectivity index (χ0n) is 15.1. The SMILES string of the molecule is CN(C)CCNc1nc(Nc2ccc(I)cc2Cl)cc(-c2cccnc2)n1. The predicted molar refractivity (Wildman–Crippen MR) is 120 cm³/mol. The van der Waals surface area contributed by atoms with Gasteiger partial charge < -0.3 is 15.5 Å². The Hall–Kier alpha value is -1.97. The fourth-order valence-corrected chi connectivity index (χ4v) is 3.28. The van der Waals surface area contributed by atoms with Crippen LogP contribution in [0.3, 0.4) is 0 Å². The van der Waals surface area contributed by atoms with Crippen molar-refractivity contribution < 1.29 is 0 Å². The van der Waals surface area contributed by atoms with Crippen molar-refractivity contribution in [2.24, 2.45) is 0 Å². The van der Waals surface area contributed by atoms with Crippen molar-refractivity contribution in [3.05, 3.63) is 57.4 Å². The summed E-state index contributed by atoms with van der Waals surface area (Å²) in [5, 5.41) is 7.21. The van der Waals surface area contributed by atoms with Crippen LogP contribution in [0.5, 0.6) is 0 Å². The Morgan fingerprint density at radius 2 is 2.00 bits per heavy atom. The molecule has 0 aliphatic carbocycles. The van der Waals surface area contributed by atoms with Gasteiger partial charge in [-0.25, -0.2) is 4.98 Å². The molecule has 0 aliphatic heterocycles. The van der Waals surface area contributed by atoms with E-state index in [9.17, 15) is 0 Å². The summed E-state index contributed by atoms with van der Waals surface area (Å²) in [5.74, 6) is 1.22. The van der Waals surface area contributed by atoms with Gasteiger partial charge in [0.15, 0.2) is 0 Å². The van der Waals surface area contributed by atoms with Crippen molar-refractivity contribution >= 4 is 51.6 Å². The predicted octanol–water partition coefficient (Wildman–Crippen LogP) is 4.51. The number of halogens is 2. The summed E-state index contributed by atoms with van der Waals surface area (Å²) in [7, 11) is 4.06. The van der Waals surface area contributed by atoms with Crippen LogP contribution in [0.2, 0.25) is 5.02 Å². The maximum atomic E-state index is 6.35. The minimum absolute atomic E-state index is 0.558. The van der Waals surface area contributed by atoms with Crippen LogP contribution in [-0.4, -0.2) is 47.0 Å². The Kier molecular flexibility index (Phi) is 6.81. The van der Waals surface area contributed by atoms with Gasteiger partial charge in [-0.1, -0.05) is 11.6 Å². The van der Waals surface area contributed by atoms with Gasteiger partial charge in [0.2, 0.25) is 5.95 Å². The lowest BCUT2D eigenvalue weighted by Crippen LogP contribution is -2.21. The zero-order chi connectivity index (χ0) is 19.2. The van der Waals surface area contributed by atoms with Crippen LogP contribution < -0.4 is 10.6 Å². The summed E-state index contributed by atoms with van der Waals surface area (Å²) in [6, 6.07) is 11.6. The molecule has 0 unspecified atom stereocenters. The monoisotopic (exact) mass is 494 g/mol.